The summed E-state index contributed by atoms with van der Waals surface area (Å²) in [5, 5.41) is 6.79. The Morgan fingerprint density at radius 1 is 0.967 bits per heavy atom. The van der Waals surface area contributed by atoms with Crippen LogP contribution in [0.3, 0.4) is 0 Å². The SMILES string of the molecule is Cc1ccc(-c2noc(-c3ccc(OCC(=O)NCc4ccc(C)o4)cc3)n2)cc1. The van der Waals surface area contributed by atoms with Crippen molar-refractivity contribution < 1.29 is 18.5 Å². The van der Waals surface area contributed by atoms with Crippen LogP contribution in [0.1, 0.15) is 17.1 Å². The molecule has 0 spiro atoms. The Morgan fingerprint density at radius 3 is 2.40 bits per heavy atom. The molecule has 0 radical (unpaired) electrons. The van der Waals surface area contributed by atoms with Crippen LogP contribution in [-0.2, 0) is 11.3 Å². The van der Waals surface area contributed by atoms with E-state index in [0.717, 1.165) is 16.9 Å². The number of hydrogen-bond donors (Lipinski definition) is 1. The molecule has 0 saturated heterocycles. The number of amides is 1. The van der Waals surface area contributed by atoms with Crippen LogP contribution in [0.2, 0.25) is 0 Å². The van der Waals surface area contributed by atoms with Crippen molar-refractivity contribution in [2.24, 2.45) is 0 Å². The topological polar surface area (TPSA) is 90.4 Å². The molecule has 152 valence electrons. The van der Waals surface area contributed by atoms with E-state index in [2.05, 4.69) is 15.5 Å². The highest BCUT2D eigenvalue weighted by molar-refractivity contribution is 5.77. The van der Waals surface area contributed by atoms with Gasteiger partial charge in [-0.1, -0.05) is 35.0 Å². The molecular weight excluding hydrogens is 382 g/mol. The Kier molecular flexibility index (Phi) is 5.61. The number of hydrogen-bond acceptors (Lipinski definition) is 6. The van der Waals surface area contributed by atoms with E-state index >= 15 is 0 Å². The summed E-state index contributed by atoms with van der Waals surface area (Å²) in [6.07, 6.45) is 0. The minimum Gasteiger partial charge on any atom is -0.484 e. The first kappa shape index (κ1) is 19.4. The number of rotatable bonds is 7. The maximum Gasteiger partial charge on any atom is 0.258 e. The third kappa shape index (κ3) is 4.75. The zero-order valence-corrected chi connectivity index (χ0v) is 16.7. The number of carbonyl (C=O) groups excluding carboxylic acids is 1. The molecule has 0 aliphatic heterocycles. The second-order valence-electron chi connectivity index (χ2n) is 6.89. The molecule has 7 heteroatoms. The first-order chi connectivity index (χ1) is 14.6. The Balaban J connectivity index is 1.32. The molecule has 30 heavy (non-hydrogen) atoms. The van der Waals surface area contributed by atoms with Gasteiger partial charge in [0.05, 0.1) is 6.54 Å². The van der Waals surface area contributed by atoms with Gasteiger partial charge in [0.25, 0.3) is 11.8 Å². The number of ether oxygens (including phenoxy) is 1. The quantitative estimate of drug-likeness (QED) is 0.495. The Labute approximate surface area is 173 Å². The molecule has 2 heterocycles. The van der Waals surface area contributed by atoms with E-state index in [-0.39, 0.29) is 12.5 Å². The van der Waals surface area contributed by atoms with Crippen LogP contribution >= 0.6 is 0 Å². The molecule has 0 bridgehead atoms. The summed E-state index contributed by atoms with van der Waals surface area (Å²) in [6.45, 7) is 4.13. The van der Waals surface area contributed by atoms with Crippen LogP contribution in [0.5, 0.6) is 5.75 Å². The van der Waals surface area contributed by atoms with Crippen LogP contribution in [0.4, 0.5) is 0 Å². The fourth-order valence-corrected chi connectivity index (χ4v) is 2.82. The van der Waals surface area contributed by atoms with E-state index in [4.69, 9.17) is 13.7 Å². The lowest BCUT2D eigenvalue weighted by Crippen LogP contribution is -2.28. The Bertz CT molecular complexity index is 1130. The van der Waals surface area contributed by atoms with Gasteiger partial charge in [-0.05, 0) is 50.2 Å². The van der Waals surface area contributed by atoms with Crippen molar-refractivity contribution in [3.05, 3.63) is 77.7 Å². The molecule has 1 amide bonds. The molecule has 0 aliphatic rings. The van der Waals surface area contributed by atoms with E-state index in [1.165, 1.54) is 5.56 Å². The van der Waals surface area contributed by atoms with Gasteiger partial charge in [0.1, 0.15) is 17.3 Å². The summed E-state index contributed by atoms with van der Waals surface area (Å²) in [5.41, 5.74) is 2.83. The van der Waals surface area contributed by atoms with Crippen LogP contribution < -0.4 is 10.1 Å². The molecule has 2 aromatic carbocycles. The Morgan fingerprint density at radius 2 is 1.70 bits per heavy atom. The minimum atomic E-state index is -0.229. The normalized spacial score (nSPS) is 10.7. The third-order valence-corrected chi connectivity index (χ3v) is 4.46. The largest absolute Gasteiger partial charge is 0.484 e. The lowest BCUT2D eigenvalue weighted by Gasteiger charge is -2.07. The lowest BCUT2D eigenvalue weighted by atomic mass is 10.1. The summed E-state index contributed by atoms with van der Waals surface area (Å²) < 4.78 is 16.3. The molecule has 0 saturated carbocycles. The average Bonchev–Trinajstić information content (AvgIpc) is 3.41. The molecule has 0 unspecified atom stereocenters. The highest BCUT2D eigenvalue weighted by Crippen LogP contribution is 2.24. The van der Waals surface area contributed by atoms with E-state index in [9.17, 15) is 4.79 Å². The van der Waals surface area contributed by atoms with Crippen molar-refractivity contribution in [1.29, 1.82) is 0 Å². The predicted molar refractivity (Wildman–Crippen MR) is 111 cm³/mol. The van der Waals surface area contributed by atoms with Crippen LogP contribution in [0.25, 0.3) is 22.8 Å². The number of furan rings is 1. The number of nitrogens with one attached hydrogen (secondary N) is 1. The fraction of sp³-hybridized carbons (Fsp3) is 0.174. The number of aromatic nitrogens is 2. The van der Waals surface area contributed by atoms with Gasteiger partial charge < -0.3 is 19.0 Å². The Hall–Kier alpha value is -3.87. The van der Waals surface area contributed by atoms with Gasteiger partial charge in [0.15, 0.2) is 6.61 Å². The first-order valence-corrected chi connectivity index (χ1v) is 9.53. The number of benzene rings is 2. The second-order valence-corrected chi connectivity index (χ2v) is 6.89. The van der Waals surface area contributed by atoms with Crippen molar-refractivity contribution in [3.63, 3.8) is 0 Å². The monoisotopic (exact) mass is 403 g/mol. The summed E-state index contributed by atoms with van der Waals surface area (Å²) in [5.74, 6) is 2.81. The van der Waals surface area contributed by atoms with E-state index in [1.807, 2.05) is 62.4 Å². The van der Waals surface area contributed by atoms with Crippen molar-refractivity contribution in [1.82, 2.24) is 15.5 Å². The zero-order valence-electron chi connectivity index (χ0n) is 16.7. The standard InChI is InChI=1S/C23H21N3O4/c1-15-3-6-17(7-4-15)22-25-23(30-26-22)18-8-11-19(12-9-18)28-14-21(27)24-13-20-10-5-16(2)29-20/h3-12H,13-14H2,1-2H3,(H,24,27). The summed E-state index contributed by atoms with van der Waals surface area (Å²) in [6, 6.07) is 18.7. The molecule has 1 N–H and O–H groups in total. The number of nitrogens with zero attached hydrogens (tertiary/aromatic N) is 2. The maximum absolute atomic E-state index is 11.9. The maximum atomic E-state index is 11.9. The highest BCUT2D eigenvalue weighted by Gasteiger charge is 2.11. The summed E-state index contributed by atoms with van der Waals surface area (Å²) in [4.78, 5) is 16.4. The third-order valence-electron chi connectivity index (χ3n) is 4.46. The molecule has 2 aromatic heterocycles. The zero-order chi connectivity index (χ0) is 20.9. The van der Waals surface area contributed by atoms with Gasteiger partial charge in [-0.3, -0.25) is 4.79 Å². The van der Waals surface area contributed by atoms with Crippen molar-refractivity contribution >= 4 is 5.91 Å². The van der Waals surface area contributed by atoms with Gasteiger partial charge in [0.2, 0.25) is 5.82 Å². The smallest absolute Gasteiger partial charge is 0.258 e. The molecule has 7 nitrogen and oxygen atoms in total. The fourth-order valence-electron chi connectivity index (χ4n) is 2.82. The van der Waals surface area contributed by atoms with Gasteiger partial charge in [0, 0.05) is 11.1 Å². The number of carbonyl (C=O) groups is 1. The van der Waals surface area contributed by atoms with Crippen molar-refractivity contribution in [3.8, 4) is 28.6 Å². The number of aryl methyl sites for hydroxylation is 2. The van der Waals surface area contributed by atoms with Gasteiger partial charge in [-0.25, -0.2) is 0 Å². The molecule has 0 aliphatic carbocycles. The van der Waals surface area contributed by atoms with Crippen LogP contribution in [-0.4, -0.2) is 22.7 Å². The van der Waals surface area contributed by atoms with E-state index in [0.29, 0.717) is 29.8 Å². The molecule has 4 aromatic rings. The van der Waals surface area contributed by atoms with Crippen LogP contribution in [0.15, 0.2) is 69.6 Å². The van der Waals surface area contributed by atoms with Crippen LogP contribution in [0, 0.1) is 13.8 Å². The second kappa shape index (κ2) is 8.65. The van der Waals surface area contributed by atoms with Gasteiger partial charge >= 0.3 is 0 Å². The first-order valence-electron chi connectivity index (χ1n) is 9.53. The highest BCUT2D eigenvalue weighted by atomic mass is 16.5. The van der Waals surface area contributed by atoms with Gasteiger partial charge in [-0.2, -0.15) is 4.98 Å². The molecule has 0 atom stereocenters. The summed E-state index contributed by atoms with van der Waals surface area (Å²) >= 11 is 0. The molecule has 0 fully saturated rings. The minimum absolute atomic E-state index is 0.0861. The van der Waals surface area contributed by atoms with Gasteiger partial charge in [-0.15, -0.1) is 0 Å². The average molecular weight is 403 g/mol. The molecule has 4 rings (SSSR count). The van der Waals surface area contributed by atoms with Crippen molar-refractivity contribution in [2.45, 2.75) is 20.4 Å². The summed E-state index contributed by atoms with van der Waals surface area (Å²) in [7, 11) is 0. The van der Waals surface area contributed by atoms with E-state index < -0.39 is 0 Å². The molecular formula is C23H21N3O4. The lowest BCUT2D eigenvalue weighted by molar-refractivity contribution is -0.123. The van der Waals surface area contributed by atoms with Crippen molar-refractivity contribution in [2.75, 3.05) is 6.61 Å². The van der Waals surface area contributed by atoms with E-state index in [1.54, 1.807) is 12.1 Å². The predicted octanol–water partition coefficient (Wildman–Crippen LogP) is 4.31.